The van der Waals surface area contributed by atoms with Crippen molar-refractivity contribution in [2.45, 2.75) is 19.9 Å². The Kier molecular flexibility index (Phi) is 4.42. The molecule has 26 heavy (non-hydrogen) atoms. The summed E-state index contributed by atoms with van der Waals surface area (Å²) in [6, 6.07) is 9.68. The van der Waals surface area contributed by atoms with Crippen molar-refractivity contribution >= 4 is 22.6 Å². The van der Waals surface area contributed by atoms with Gasteiger partial charge in [0.25, 0.3) is 0 Å². The van der Waals surface area contributed by atoms with Crippen molar-refractivity contribution in [3.63, 3.8) is 0 Å². The average Bonchev–Trinajstić information content (AvgIpc) is 3.03. The van der Waals surface area contributed by atoms with Crippen LogP contribution in [0.5, 0.6) is 0 Å². The predicted octanol–water partition coefficient (Wildman–Crippen LogP) is 2.66. The van der Waals surface area contributed by atoms with Crippen LogP contribution in [0.4, 0.5) is 5.95 Å². The number of aryl methyl sites for hydroxylation is 1. The molecule has 1 aliphatic rings. The minimum Gasteiger partial charge on any atom is -0.358 e. The first kappa shape index (κ1) is 16.7. The van der Waals surface area contributed by atoms with Crippen molar-refractivity contribution in [3.8, 4) is 0 Å². The first-order valence-electron chi connectivity index (χ1n) is 9.02. The van der Waals surface area contributed by atoms with Gasteiger partial charge in [-0.1, -0.05) is 18.2 Å². The highest BCUT2D eigenvalue weighted by Gasteiger charge is 2.29. The highest BCUT2D eigenvalue weighted by Crippen LogP contribution is 2.25. The van der Waals surface area contributed by atoms with Gasteiger partial charge in [-0.3, -0.25) is 9.69 Å². The molecule has 0 amide bonds. The second-order valence-electron chi connectivity index (χ2n) is 6.78. The average molecular weight is 349 g/mol. The van der Waals surface area contributed by atoms with Crippen LogP contribution in [-0.4, -0.2) is 57.9 Å². The Hall–Kier alpha value is -2.73. The first-order chi connectivity index (χ1) is 12.6. The van der Waals surface area contributed by atoms with Gasteiger partial charge in [0.2, 0.25) is 5.95 Å². The molecule has 3 aromatic rings. The van der Waals surface area contributed by atoms with Crippen LogP contribution >= 0.6 is 0 Å². The van der Waals surface area contributed by atoms with Crippen LogP contribution in [0.2, 0.25) is 0 Å². The number of rotatable bonds is 4. The van der Waals surface area contributed by atoms with Gasteiger partial charge in [-0.2, -0.15) is 0 Å². The Morgan fingerprint density at radius 3 is 2.50 bits per heavy atom. The Bertz CT molecular complexity index is 912. The Morgan fingerprint density at radius 1 is 1.08 bits per heavy atom. The molecule has 1 aliphatic heterocycles. The lowest BCUT2D eigenvalue weighted by Gasteiger charge is -2.37. The summed E-state index contributed by atoms with van der Waals surface area (Å²) in [4.78, 5) is 29.6. The fraction of sp³-hybridized carbons (Fsp3) is 0.350. The number of Topliss-reactive ketones (excluding diaryl/α,β-unsaturated/α-hetero) is 1. The zero-order valence-electron chi connectivity index (χ0n) is 15.1. The van der Waals surface area contributed by atoms with Crippen LogP contribution in [0.1, 0.15) is 23.0 Å². The molecular formula is C20H23N5O. The number of carbonyl (C=O) groups is 1. The number of fused-ring (bicyclic) bond motifs is 1. The second kappa shape index (κ2) is 6.88. The van der Waals surface area contributed by atoms with E-state index in [0.29, 0.717) is 0 Å². The van der Waals surface area contributed by atoms with Crippen molar-refractivity contribution < 1.29 is 4.79 Å². The number of benzene rings is 1. The van der Waals surface area contributed by atoms with Crippen molar-refractivity contribution in [2.24, 2.45) is 0 Å². The number of ketones is 1. The smallest absolute Gasteiger partial charge is 0.225 e. The topological polar surface area (TPSA) is 65.1 Å². The van der Waals surface area contributed by atoms with Gasteiger partial charge in [0.05, 0.1) is 6.04 Å². The maximum atomic E-state index is 13.2. The van der Waals surface area contributed by atoms with Crippen LogP contribution in [0.3, 0.4) is 0 Å². The van der Waals surface area contributed by atoms with E-state index in [4.69, 9.17) is 0 Å². The lowest BCUT2D eigenvalue weighted by molar-refractivity contribution is 0.0830. The van der Waals surface area contributed by atoms with E-state index in [9.17, 15) is 4.79 Å². The molecule has 6 heteroatoms. The van der Waals surface area contributed by atoms with Crippen molar-refractivity contribution in [1.29, 1.82) is 0 Å². The largest absolute Gasteiger partial charge is 0.358 e. The van der Waals surface area contributed by atoms with Crippen LogP contribution in [0.15, 0.2) is 42.7 Å². The SMILES string of the molecule is Cc1[nH]c2ccccc2c1C(=O)C(C)N1CCN(c2ncccn2)CC1. The quantitative estimate of drug-likeness (QED) is 0.734. The van der Waals surface area contributed by atoms with E-state index >= 15 is 0 Å². The third-order valence-corrected chi connectivity index (χ3v) is 5.22. The van der Waals surface area contributed by atoms with E-state index in [0.717, 1.165) is 54.3 Å². The molecular weight excluding hydrogens is 326 g/mol. The summed E-state index contributed by atoms with van der Waals surface area (Å²) in [5.41, 5.74) is 2.79. The predicted molar refractivity (Wildman–Crippen MR) is 103 cm³/mol. The molecule has 1 N–H and O–H groups in total. The van der Waals surface area contributed by atoms with Gasteiger partial charge in [0.1, 0.15) is 0 Å². The van der Waals surface area contributed by atoms with Gasteiger partial charge in [0, 0.05) is 60.7 Å². The fourth-order valence-electron chi connectivity index (χ4n) is 3.73. The molecule has 3 heterocycles. The molecule has 2 aromatic heterocycles. The maximum absolute atomic E-state index is 13.2. The summed E-state index contributed by atoms with van der Waals surface area (Å²) in [6.45, 7) is 7.30. The highest BCUT2D eigenvalue weighted by molar-refractivity contribution is 6.11. The van der Waals surface area contributed by atoms with Gasteiger partial charge in [0.15, 0.2) is 5.78 Å². The molecule has 0 bridgehead atoms. The second-order valence-corrected chi connectivity index (χ2v) is 6.78. The summed E-state index contributed by atoms with van der Waals surface area (Å²) in [6.07, 6.45) is 3.53. The maximum Gasteiger partial charge on any atom is 0.225 e. The van der Waals surface area contributed by atoms with E-state index < -0.39 is 0 Å². The normalized spacial score (nSPS) is 16.8. The van der Waals surface area contributed by atoms with Crippen molar-refractivity contribution in [2.75, 3.05) is 31.1 Å². The van der Waals surface area contributed by atoms with Gasteiger partial charge in [-0.05, 0) is 26.0 Å². The molecule has 1 aromatic carbocycles. The van der Waals surface area contributed by atoms with Crippen LogP contribution in [0, 0.1) is 6.92 Å². The standard InChI is InChI=1S/C20H23N5O/c1-14-18(16-6-3-4-7-17(16)23-14)19(26)15(2)24-10-12-25(13-11-24)20-21-8-5-9-22-20/h3-9,15,23H,10-13H2,1-2H3. The Balaban J connectivity index is 1.49. The molecule has 1 atom stereocenters. The number of hydrogen-bond acceptors (Lipinski definition) is 5. The lowest BCUT2D eigenvalue weighted by Crippen LogP contribution is -2.52. The summed E-state index contributed by atoms with van der Waals surface area (Å²) >= 11 is 0. The van der Waals surface area contributed by atoms with E-state index in [2.05, 4.69) is 24.8 Å². The number of hydrogen-bond donors (Lipinski definition) is 1. The molecule has 0 aliphatic carbocycles. The molecule has 0 saturated carbocycles. The van der Waals surface area contributed by atoms with Gasteiger partial charge < -0.3 is 9.88 Å². The number of nitrogens with one attached hydrogen (secondary N) is 1. The van der Waals surface area contributed by atoms with Gasteiger partial charge in [-0.25, -0.2) is 9.97 Å². The number of carbonyl (C=O) groups excluding carboxylic acids is 1. The Labute approximate surface area is 152 Å². The summed E-state index contributed by atoms with van der Waals surface area (Å²) in [7, 11) is 0. The minimum atomic E-state index is -0.147. The third kappa shape index (κ3) is 2.97. The number of aromatic nitrogens is 3. The number of aromatic amines is 1. The van der Waals surface area contributed by atoms with E-state index in [1.165, 1.54) is 0 Å². The zero-order chi connectivity index (χ0) is 18.1. The van der Waals surface area contributed by atoms with Crippen molar-refractivity contribution in [3.05, 3.63) is 54.0 Å². The monoisotopic (exact) mass is 349 g/mol. The van der Waals surface area contributed by atoms with Gasteiger partial charge >= 0.3 is 0 Å². The first-order valence-corrected chi connectivity index (χ1v) is 9.02. The molecule has 1 saturated heterocycles. The molecule has 1 unspecified atom stereocenters. The van der Waals surface area contributed by atoms with Crippen LogP contribution < -0.4 is 4.90 Å². The van der Waals surface area contributed by atoms with Crippen molar-refractivity contribution in [1.82, 2.24) is 19.9 Å². The molecule has 0 radical (unpaired) electrons. The fourth-order valence-corrected chi connectivity index (χ4v) is 3.73. The Morgan fingerprint density at radius 2 is 1.77 bits per heavy atom. The van der Waals surface area contributed by atoms with E-state index in [-0.39, 0.29) is 11.8 Å². The molecule has 0 spiro atoms. The number of piperazine rings is 1. The van der Waals surface area contributed by atoms with Crippen LogP contribution in [-0.2, 0) is 0 Å². The number of nitrogens with zero attached hydrogens (tertiary/aromatic N) is 4. The molecule has 1 fully saturated rings. The lowest BCUT2D eigenvalue weighted by atomic mass is 10.0. The van der Waals surface area contributed by atoms with Crippen LogP contribution in [0.25, 0.3) is 10.9 Å². The van der Waals surface area contributed by atoms with E-state index in [1.807, 2.05) is 44.2 Å². The third-order valence-electron chi connectivity index (χ3n) is 5.22. The molecule has 4 rings (SSSR count). The summed E-state index contributed by atoms with van der Waals surface area (Å²) in [5.74, 6) is 0.947. The zero-order valence-corrected chi connectivity index (χ0v) is 15.1. The number of para-hydroxylation sites is 1. The van der Waals surface area contributed by atoms with E-state index in [1.54, 1.807) is 12.4 Å². The van der Waals surface area contributed by atoms with Gasteiger partial charge in [-0.15, -0.1) is 0 Å². The molecule has 6 nitrogen and oxygen atoms in total. The minimum absolute atomic E-state index is 0.147. The number of anilines is 1. The summed E-state index contributed by atoms with van der Waals surface area (Å²) in [5, 5.41) is 1.01. The molecule has 134 valence electrons. The highest BCUT2D eigenvalue weighted by atomic mass is 16.1. The number of H-pyrrole nitrogens is 1. The summed E-state index contributed by atoms with van der Waals surface area (Å²) < 4.78 is 0.